The molecule has 0 amide bonds. The Morgan fingerprint density at radius 2 is 0.857 bits per heavy atom. The maximum absolute atomic E-state index is 13.1. The number of alkyl halides is 12. The number of halogens is 12. The molecule has 3 unspecified atom stereocenters. The molecule has 2 N–H and O–H groups in total. The maximum atomic E-state index is 13.1. The minimum absolute atomic E-state index is 0.123. The van der Waals surface area contributed by atoms with Gasteiger partial charge in [0.25, 0.3) is 0 Å². The number of aliphatic hydroxyl groups excluding tert-OH is 1. The third-order valence-corrected chi connectivity index (χ3v) is 4.98. The molecular weight excluding hydrogens is 516 g/mol. The molecule has 35 heavy (non-hydrogen) atoms. The summed E-state index contributed by atoms with van der Waals surface area (Å²) in [5, 5.41) is 19.6. The highest BCUT2D eigenvalue weighted by Gasteiger charge is 2.41. The van der Waals surface area contributed by atoms with Crippen molar-refractivity contribution >= 4 is 0 Å². The second-order valence-electron chi connectivity index (χ2n) is 7.51. The average molecular weight is 530 g/mol. The highest BCUT2D eigenvalue weighted by Crippen LogP contribution is 2.43. The Hall–Kier alpha value is -2.52. The molecule has 0 heterocycles. The number of hydrogen-bond acceptors (Lipinski definition) is 3. The Morgan fingerprint density at radius 3 is 1.11 bits per heavy atom. The van der Waals surface area contributed by atoms with Crippen LogP contribution in [0.5, 0.6) is 0 Å². The Balaban J connectivity index is 2.61. The molecule has 0 aliphatic heterocycles. The first-order valence-corrected chi connectivity index (χ1v) is 9.23. The molecule has 2 rings (SSSR count). The van der Waals surface area contributed by atoms with Gasteiger partial charge in [-0.05, 0) is 47.5 Å². The van der Waals surface area contributed by atoms with Crippen molar-refractivity contribution < 1.29 is 67.9 Å². The summed E-state index contributed by atoms with van der Waals surface area (Å²) in [7, 11) is 0. The average Bonchev–Trinajstić information content (AvgIpc) is 2.70. The van der Waals surface area contributed by atoms with E-state index in [9.17, 15) is 57.8 Å². The van der Waals surface area contributed by atoms with Crippen LogP contribution in [-0.2, 0) is 29.6 Å². The fourth-order valence-corrected chi connectivity index (χ4v) is 3.22. The fraction of sp³-hybridized carbons (Fsp3) is 0.400. The first kappa shape index (κ1) is 28.7. The molecule has 0 radical (unpaired) electrons. The van der Waals surface area contributed by atoms with Gasteiger partial charge in [0.2, 0.25) is 0 Å². The van der Waals surface area contributed by atoms with Crippen molar-refractivity contribution in [1.29, 1.82) is 0 Å². The molecule has 3 nitrogen and oxygen atoms in total. The van der Waals surface area contributed by atoms with Gasteiger partial charge >= 0.3 is 24.7 Å². The van der Waals surface area contributed by atoms with E-state index >= 15 is 0 Å². The zero-order valence-corrected chi connectivity index (χ0v) is 17.0. The van der Waals surface area contributed by atoms with Crippen molar-refractivity contribution in [2.75, 3.05) is 0 Å². The second-order valence-corrected chi connectivity index (χ2v) is 7.51. The summed E-state index contributed by atoms with van der Waals surface area (Å²) >= 11 is 0. The summed E-state index contributed by atoms with van der Waals surface area (Å²) in [5.74, 6) is -1.84. The third kappa shape index (κ3) is 6.79. The van der Waals surface area contributed by atoms with E-state index in [-0.39, 0.29) is 36.4 Å². The molecule has 0 spiro atoms. The van der Waals surface area contributed by atoms with Gasteiger partial charge in [0.15, 0.2) is 0 Å². The van der Waals surface area contributed by atoms with Crippen LogP contribution in [-0.4, -0.2) is 10.4 Å². The van der Waals surface area contributed by atoms with Gasteiger partial charge in [-0.25, -0.2) is 4.89 Å². The smallest absolute Gasteiger partial charge is 0.388 e. The van der Waals surface area contributed by atoms with Gasteiger partial charge < -0.3 is 5.11 Å². The molecule has 15 heteroatoms. The van der Waals surface area contributed by atoms with Gasteiger partial charge in [-0.15, -0.1) is 0 Å². The molecule has 0 aliphatic carbocycles. The van der Waals surface area contributed by atoms with Crippen molar-refractivity contribution in [3.05, 3.63) is 69.8 Å². The van der Waals surface area contributed by atoms with Crippen LogP contribution in [0, 0.1) is 5.92 Å². The van der Waals surface area contributed by atoms with Gasteiger partial charge in [-0.2, -0.15) is 52.7 Å². The molecule has 0 aromatic heterocycles. The highest BCUT2D eigenvalue weighted by molar-refractivity contribution is 5.37. The second kappa shape index (κ2) is 9.50. The van der Waals surface area contributed by atoms with E-state index < -0.39 is 76.2 Å². The SMILES string of the molecule is CC(C(O)c1cc(C(F)(F)F)cc(C(F)(F)F)c1)C(OO)c1cc(C(F)(F)F)cc(C(F)(F)F)c1. The van der Waals surface area contributed by atoms with Crippen LogP contribution >= 0.6 is 0 Å². The summed E-state index contributed by atoms with van der Waals surface area (Å²) in [5.41, 5.74) is -9.33. The van der Waals surface area contributed by atoms with Crippen LogP contribution in [0.15, 0.2) is 36.4 Å². The lowest BCUT2D eigenvalue weighted by Crippen LogP contribution is -2.22. The zero-order valence-electron chi connectivity index (χ0n) is 17.0. The summed E-state index contributed by atoms with van der Waals surface area (Å²) in [6.07, 6.45) is -25.8. The van der Waals surface area contributed by atoms with Crippen LogP contribution in [0.1, 0.15) is 52.5 Å². The lowest BCUT2D eigenvalue weighted by Gasteiger charge is -2.28. The van der Waals surface area contributed by atoms with Crippen LogP contribution in [0.25, 0.3) is 0 Å². The van der Waals surface area contributed by atoms with E-state index in [1.54, 1.807) is 0 Å². The minimum atomic E-state index is -5.31. The lowest BCUT2D eigenvalue weighted by molar-refractivity contribution is -0.298. The largest absolute Gasteiger partial charge is 0.416 e. The van der Waals surface area contributed by atoms with Crippen molar-refractivity contribution in [3.63, 3.8) is 0 Å². The van der Waals surface area contributed by atoms with E-state index in [1.807, 2.05) is 0 Å². The molecular formula is C20H14F12O3. The Kier molecular flexibility index (Phi) is 7.80. The number of rotatable bonds is 5. The van der Waals surface area contributed by atoms with Crippen molar-refractivity contribution in [2.45, 2.75) is 43.8 Å². The fourth-order valence-electron chi connectivity index (χ4n) is 3.22. The highest BCUT2D eigenvalue weighted by atomic mass is 19.4. The molecule has 0 fully saturated rings. The Bertz CT molecular complexity index is 973. The van der Waals surface area contributed by atoms with Gasteiger partial charge in [-0.1, -0.05) is 6.92 Å². The quantitative estimate of drug-likeness (QED) is 0.237. The third-order valence-electron chi connectivity index (χ3n) is 4.98. The molecule has 3 atom stereocenters. The molecule has 0 saturated carbocycles. The topological polar surface area (TPSA) is 49.7 Å². The maximum Gasteiger partial charge on any atom is 0.416 e. The van der Waals surface area contributed by atoms with Gasteiger partial charge in [0, 0.05) is 5.92 Å². The first-order chi connectivity index (χ1) is 15.7. The molecule has 196 valence electrons. The van der Waals surface area contributed by atoms with E-state index in [1.165, 1.54) is 0 Å². The standard InChI is InChI=1S/C20H14F12O3/c1-8(15(33)9-2-11(17(21,22)23)6-12(3-9)18(24,25)26)16(35-34)10-4-13(19(27,28)29)7-14(5-10)20(30,31)32/h2-8,15-16,33-34H,1H3. The zero-order chi connectivity index (χ0) is 27.1. The van der Waals surface area contributed by atoms with Crippen LogP contribution < -0.4 is 0 Å². The Labute approximate surface area is 188 Å². The van der Waals surface area contributed by atoms with Gasteiger partial charge in [0.1, 0.15) is 6.10 Å². The van der Waals surface area contributed by atoms with Crippen LogP contribution in [0.2, 0.25) is 0 Å². The summed E-state index contributed by atoms with van der Waals surface area (Å²) in [6, 6.07) is 0.0141. The number of aliphatic hydroxyl groups is 1. The van der Waals surface area contributed by atoms with Crippen molar-refractivity contribution in [2.24, 2.45) is 5.92 Å². The molecule has 0 saturated heterocycles. The Morgan fingerprint density at radius 1 is 0.571 bits per heavy atom. The van der Waals surface area contributed by atoms with Crippen LogP contribution in [0.3, 0.4) is 0 Å². The predicted molar refractivity (Wildman–Crippen MR) is 93.5 cm³/mol. The molecule has 0 aliphatic rings. The summed E-state index contributed by atoms with van der Waals surface area (Å²) in [6.45, 7) is 0.826. The molecule has 2 aromatic carbocycles. The van der Waals surface area contributed by atoms with Crippen molar-refractivity contribution in [3.8, 4) is 0 Å². The number of hydrogen-bond donors (Lipinski definition) is 2. The van der Waals surface area contributed by atoms with E-state index in [2.05, 4.69) is 4.89 Å². The summed E-state index contributed by atoms with van der Waals surface area (Å²) < 4.78 is 157. The lowest BCUT2D eigenvalue weighted by atomic mass is 9.86. The van der Waals surface area contributed by atoms with Gasteiger partial charge in [-0.3, -0.25) is 5.26 Å². The monoisotopic (exact) mass is 530 g/mol. The molecule has 0 bridgehead atoms. The van der Waals surface area contributed by atoms with Gasteiger partial charge in [0.05, 0.1) is 28.4 Å². The molecule has 2 aromatic rings. The van der Waals surface area contributed by atoms with E-state index in [0.717, 1.165) is 6.92 Å². The number of benzene rings is 2. The van der Waals surface area contributed by atoms with Crippen molar-refractivity contribution in [1.82, 2.24) is 0 Å². The predicted octanol–water partition coefficient (Wildman–Crippen LogP) is 7.66. The normalized spacial score (nSPS) is 16.2. The first-order valence-electron chi connectivity index (χ1n) is 9.23. The minimum Gasteiger partial charge on any atom is -0.388 e. The summed E-state index contributed by atoms with van der Waals surface area (Å²) in [4.78, 5) is 3.93. The van der Waals surface area contributed by atoms with E-state index in [4.69, 9.17) is 5.26 Å². The van der Waals surface area contributed by atoms with Crippen LogP contribution in [0.4, 0.5) is 52.7 Å². The van der Waals surface area contributed by atoms with E-state index in [0.29, 0.717) is 0 Å².